The van der Waals surface area contributed by atoms with Gasteiger partial charge in [0.2, 0.25) is 0 Å². The van der Waals surface area contributed by atoms with Crippen molar-refractivity contribution in [3.63, 3.8) is 0 Å². The Kier molecular flexibility index (Phi) is 17.3. The van der Waals surface area contributed by atoms with Gasteiger partial charge in [-0.3, -0.25) is 0 Å². The van der Waals surface area contributed by atoms with Gasteiger partial charge in [-0.05, 0) is 33.4 Å². The Morgan fingerprint density at radius 3 is 1.17 bits per heavy atom. The Balaban J connectivity index is 1.03. The van der Waals surface area contributed by atoms with Gasteiger partial charge in [-0.15, -0.1) is 0 Å². The topological polar surface area (TPSA) is 103 Å². The van der Waals surface area contributed by atoms with Gasteiger partial charge in [0.15, 0.2) is 12.6 Å². The maximum Gasteiger partial charge on any atom is 0.184 e. The predicted molar refractivity (Wildman–Crippen MR) is 241 cm³/mol. The highest BCUT2D eigenvalue weighted by atomic mass is 16.7. The molecule has 0 aliphatic carbocycles. The van der Waals surface area contributed by atoms with E-state index in [0.717, 1.165) is 33.4 Å². The normalized spacial score (nSPS) is 24.6. The summed E-state index contributed by atoms with van der Waals surface area (Å²) in [6, 6.07) is 59.9. The van der Waals surface area contributed by atoms with E-state index in [0.29, 0.717) is 26.2 Å². The van der Waals surface area contributed by atoms with Crippen LogP contribution in [0.2, 0.25) is 0 Å². The van der Waals surface area contributed by atoms with E-state index in [1.807, 2.05) is 182 Å². The molecular weight excluding hydrogens is 809 g/mol. The second kappa shape index (κ2) is 24.3. The van der Waals surface area contributed by atoms with Crippen molar-refractivity contribution in [2.24, 2.45) is 0 Å². The molecule has 1 N–H and O–H groups in total. The molecule has 2 fully saturated rings. The Hall–Kier alpha value is -5.08. The lowest BCUT2D eigenvalue weighted by Gasteiger charge is -2.45. The van der Waals surface area contributed by atoms with Gasteiger partial charge in [-0.25, -0.2) is 0 Å². The summed E-state index contributed by atoms with van der Waals surface area (Å²) in [5, 5.41) is 11.7. The van der Waals surface area contributed by atoms with Gasteiger partial charge in [-0.1, -0.05) is 182 Å². The summed E-state index contributed by atoms with van der Waals surface area (Å²) >= 11 is 0. The van der Waals surface area contributed by atoms with E-state index in [2.05, 4.69) is 0 Å². The zero-order chi connectivity index (χ0) is 43.6. The highest BCUT2D eigenvalue weighted by Crippen LogP contribution is 2.33. The Morgan fingerprint density at radius 2 is 0.719 bits per heavy atom. The molecule has 0 saturated carbocycles. The first-order valence-corrected chi connectivity index (χ1v) is 22.1. The fourth-order valence-corrected chi connectivity index (χ4v) is 8.02. The molecule has 64 heavy (non-hydrogen) atoms. The first kappa shape index (κ1) is 45.5. The fraction of sp³-hybridized carbons (Fsp3) is 0.333. The average molecular weight is 867 g/mol. The first-order chi connectivity index (χ1) is 31.6. The maximum absolute atomic E-state index is 11.7. The van der Waals surface area contributed by atoms with Crippen molar-refractivity contribution in [3.8, 4) is 0 Å². The van der Waals surface area contributed by atoms with Crippen LogP contribution in [0, 0.1) is 0 Å². The van der Waals surface area contributed by atoms with E-state index in [4.69, 9.17) is 42.6 Å². The zero-order valence-corrected chi connectivity index (χ0v) is 36.0. The summed E-state index contributed by atoms with van der Waals surface area (Å²) in [6.45, 7) is 2.17. The summed E-state index contributed by atoms with van der Waals surface area (Å²) < 4.78 is 59.5. The molecule has 6 aromatic rings. The molecular formula is C54H58O10. The summed E-state index contributed by atoms with van der Waals surface area (Å²) in [5.41, 5.74) is 6.03. The van der Waals surface area contributed by atoms with Crippen molar-refractivity contribution < 1.29 is 47.7 Å². The summed E-state index contributed by atoms with van der Waals surface area (Å²) in [7, 11) is 0. The number of ether oxygens (including phenoxy) is 9. The van der Waals surface area contributed by atoms with Crippen LogP contribution in [0.15, 0.2) is 182 Å². The van der Waals surface area contributed by atoms with Gasteiger partial charge in [0.25, 0.3) is 0 Å². The summed E-state index contributed by atoms with van der Waals surface area (Å²) in [5.74, 6) is 0. The zero-order valence-electron chi connectivity index (χ0n) is 36.0. The van der Waals surface area contributed by atoms with Crippen LogP contribution in [0.25, 0.3) is 0 Å². The summed E-state index contributed by atoms with van der Waals surface area (Å²) in [6.07, 6.45) is -6.28. The Morgan fingerprint density at radius 1 is 0.359 bits per heavy atom. The fourth-order valence-electron chi connectivity index (χ4n) is 8.02. The molecule has 2 aliphatic heterocycles. The third kappa shape index (κ3) is 13.5. The van der Waals surface area contributed by atoms with E-state index in [-0.39, 0.29) is 33.0 Å². The third-order valence-electron chi connectivity index (χ3n) is 11.4. The molecule has 0 aromatic heterocycles. The van der Waals surface area contributed by atoms with Crippen LogP contribution in [-0.4, -0.2) is 73.6 Å². The molecule has 0 radical (unpaired) electrons. The molecule has 0 bridgehead atoms. The van der Waals surface area contributed by atoms with Gasteiger partial charge in [0.1, 0.15) is 36.6 Å². The highest BCUT2D eigenvalue weighted by Gasteiger charge is 2.49. The standard InChI is InChI=1S/C54H58O10/c55-54-53(62-37-45-29-17-6-18-30-45)52(61-36-44-27-15-5-16-28-44)51(60-35-43-25-13-4-14-26-43)48(64-54)39-58-49-31-46(57-33-41-21-9-2-10-22-41)50(59-34-42-23-11-3-12-24-42)47(63-49)38-56-32-40-19-7-1-8-20-40/h1-30,46-55H,31-39H2/t46-,47?,48?,49+,50-,51-,52?,53?,54+/m1/s1. The molecule has 0 spiro atoms. The van der Waals surface area contributed by atoms with E-state index >= 15 is 0 Å². The quantitative estimate of drug-likeness (QED) is 0.0712. The molecule has 334 valence electrons. The van der Waals surface area contributed by atoms with Crippen molar-refractivity contribution in [1.82, 2.24) is 0 Å². The minimum absolute atomic E-state index is 0.0102. The smallest absolute Gasteiger partial charge is 0.184 e. The molecule has 8 rings (SSSR count). The van der Waals surface area contributed by atoms with Crippen molar-refractivity contribution in [2.75, 3.05) is 13.2 Å². The van der Waals surface area contributed by atoms with Crippen LogP contribution in [-0.2, 0) is 82.3 Å². The molecule has 0 amide bonds. The number of hydrogen-bond acceptors (Lipinski definition) is 10. The van der Waals surface area contributed by atoms with E-state index in [9.17, 15) is 5.11 Å². The average Bonchev–Trinajstić information content (AvgIpc) is 3.35. The Labute approximate surface area is 376 Å². The van der Waals surface area contributed by atoms with E-state index in [1.54, 1.807) is 0 Å². The van der Waals surface area contributed by atoms with Crippen LogP contribution in [0.1, 0.15) is 39.8 Å². The van der Waals surface area contributed by atoms with Crippen molar-refractivity contribution >= 4 is 0 Å². The second-order valence-corrected chi connectivity index (χ2v) is 16.1. The number of aliphatic hydroxyl groups is 1. The molecule has 2 heterocycles. The minimum Gasteiger partial charge on any atom is -0.374 e. The third-order valence-corrected chi connectivity index (χ3v) is 11.4. The molecule has 4 unspecified atom stereocenters. The first-order valence-electron chi connectivity index (χ1n) is 22.1. The van der Waals surface area contributed by atoms with Gasteiger partial charge in [0, 0.05) is 6.42 Å². The lowest BCUT2D eigenvalue weighted by Crippen LogP contribution is -2.61. The largest absolute Gasteiger partial charge is 0.374 e. The van der Waals surface area contributed by atoms with E-state index < -0.39 is 55.3 Å². The van der Waals surface area contributed by atoms with Crippen LogP contribution in [0.3, 0.4) is 0 Å². The number of aliphatic hydroxyl groups excluding tert-OH is 1. The van der Waals surface area contributed by atoms with Gasteiger partial charge in [0.05, 0.1) is 59.0 Å². The Bertz CT molecular complexity index is 2170. The highest BCUT2D eigenvalue weighted by molar-refractivity contribution is 5.18. The SMILES string of the molecule is O[C@H]1OC(CO[C@@H]2C[C@@H](OCc3ccccc3)[C@@H](OCc3ccccc3)C(COCc3ccccc3)O2)[C@@H](OCc2ccccc2)C(OCc2ccccc2)C1OCc1ccccc1. The monoisotopic (exact) mass is 866 g/mol. The minimum atomic E-state index is -1.35. The second-order valence-electron chi connectivity index (χ2n) is 16.1. The molecule has 10 nitrogen and oxygen atoms in total. The van der Waals surface area contributed by atoms with Crippen molar-refractivity contribution in [3.05, 3.63) is 215 Å². The van der Waals surface area contributed by atoms with E-state index in [1.165, 1.54) is 0 Å². The maximum atomic E-state index is 11.7. The summed E-state index contributed by atoms with van der Waals surface area (Å²) in [4.78, 5) is 0. The number of benzene rings is 6. The van der Waals surface area contributed by atoms with Crippen LogP contribution < -0.4 is 0 Å². The van der Waals surface area contributed by atoms with Crippen LogP contribution >= 0.6 is 0 Å². The van der Waals surface area contributed by atoms with Crippen molar-refractivity contribution in [1.29, 1.82) is 0 Å². The van der Waals surface area contributed by atoms with Crippen molar-refractivity contribution in [2.45, 2.75) is 101 Å². The van der Waals surface area contributed by atoms with Gasteiger partial charge in [-0.2, -0.15) is 0 Å². The molecule has 2 aliphatic rings. The molecule has 9 atom stereocenters. The van der Waals surface area contributed by atoms with Crippen LogP contribution in [0.5, 0.6) is 0 Å². The number of rotatable bonds is 22. The van der Waals surface area contributed by atoms with Gasteiger partial charge < -0.3 is 47.7 Å². The number of hydrogen-bond donors (Lipinski definition) is 1. The molecule has 10 heteroatoms. The van der Waals surface area contributed by atoms with Gasteiger partial charge >= 0.3 is 0 Å². The lowest BCUT2D eigenvalue weighted by molar-refractivity contribution is -0.330. The lowest BCUT2D eigenvalue weighted by atomic mass is 9.97. The molecule has 6 aromatic carbocycles. The van der Waals surface area contributed by atoms with Crippen LogP contribution in [0.4, 0.5) is 0 Å². The predicted octanol–water partition coefficient (Wildman–Crippen LogP) is 8.98. The molecule has 2 saturated heterocycles.